The van der Waals surface area contributed by atoms with Gasteiger partial charge >= 0.3 is 0 Å². The maximum absolute atomic E-state index is 12.8. The van der Waals surface area contributed by atoms with E-state index in [1.54, 1.807) is 12.1 Å². The fraction of sp³-hybridized carbons (Fsp3) is 0.278. The van der Waals surface area contributed by atoms with Crippen LogP contribution in [0, 0.1) is 5.82 Å². The van der Waals surface area contributed by atoms with Gasteiger partial charge in [-0.05, 0) is 66.6 Å². The van der Waals surface area contributed by atoms with Gasteiger partial charge in [-0.25, -0.2) is 4.39 Å². The van der Waals surface area contributed by atoms with Crippen molar-refractivity contribution < 1.29 is 9.18 Å². The number of halogens is 1. The van der Waals surface area contributed by atoms with Crippen LogP contribution in [0.4, 0.5) is 4.39 Å². The highest BCUT2D eigenvalue weighted by Gasteiger charge is 2.13. The predicted octanol–water partition coefficient (Wildman–Crippen LogP) is 3.29. The molecule has 1 N–H and O–H groups in total. The van der Waals surface area contributed by atoms with Crippen molar-refractivity contribution in [2.75, 3.05) is 6.54 Å². The minimum atomic E-state index is -0.235. The van der Waals surface area contributed by atoms with Crippen LogP contribution in [0.15, 0.2) is 42.5 Å². The summed E-state index contributed by atoms with van der Waals surface area (Å²) in [5.74, 6) is -0.271. The molecule has 2 nitrogen and oxygen atoms in total. The molecule has 2 aromatic carbocycles. The molecular formula is C18H18FNO. The second-order valence-corrected chi connectivity index (χ2v) is 5.47. The first kappa shape index (κ1) is 13.8. The van der Waals surface area contributed by atoms with Crippen LogP contribution in [0.5, 0.6) is 0 Å². The van der Waals surface area contributed by atoms with Crippen LogP contribution < -0.4 is 5.32 Å². The zero-order valence-corrected chi connectivity index (χ0v) is 11.9. The highest BCUT2D eigenvalue weighted by Crippen LogP contribution is 2.22. The van der Waals surface area contributed by atoms with E-state index in [-0.39, 0.29) is 11.7 Å². The summed E-state index contributed by atoms with van der Waals surface area (Å²) < 4.78 is 12.8. The lowest BCUT2D eigenvalue weighted by Gasteiger charge is -2.07. The smallest absolute Gasteiger partial charge is 0.251 e. The molecule has 21 heavy (non-hydrogen) atoms. The number of fused-ring (bicyclic) bond motifs is 1. The first-order valence-electron chi connectivity index (χ1n) is 7.37. The maximum atomic E-state index is 12.8. The molecule has 0 saturated carbocycles. The largest absolute Gasteiger partial charge is 0.352 e. The lowest BCUT2D eigenvalue weighted by Crippen LogP contribution is -2.25. The predicted molar refractivity (Wildman–Crippen MR) is 80.9 cm³/mol. The third-order valence-electron chi connectivity index (χ3n) is 3.97. The Bertz CT molecular complexity index is 649. The van der Waals surface area contributed by atoms with Gasteiger partial charge in [0.25, 0.3) is 5.91 Å². The number of hydrogen-bond donors (Lipinski definition) is 1. The zero-order chi connectivity index (χ0) is 14.7. The average molecular weight is 283 g/mol. The van der Waals surface area contributed by atoms with Crippen molar-refractivity contribution in [1.82, 2.24) is 5.32 Å². The van der Waals surface area contributed by atoms with Gasteiger partial charge in [-0.2, -0.15) is 0 Å². The zero-order valence-electron chi connectivity index (χ0n) is 11.9. The van der Waals surface area contributed by atoms with E-state index in [0.717, 1.165) is 24.0 Å². The molecule has 1 aliphatic rings. The molecule has 0 unspecified atom stereocenters. The lowest BCUT2D eigenvalue weighted by atomic mass is 10.1. The normalized spacial score (nSPS) is 13.0. The van der Waals surface area contributed by atoms with Gasteiger partial charge in [-0.3, -0.25) is 4.79 Å². The van der Waals surface area contributed by atoms with Crippen molar-refractivity contribution >= 4 is 5.91 Å². The quantitative estimate of drug-likeness (QED) is 0.916. The summed E-state index contributed by atoms with van der Waals surface area (Å²) in [5.41, 5.74) is 4.43. The van der Waals surface area contributed by atoms with Gasteiger partial charge in [0.1, 0.15) is 5.82 Å². The van der Waals surface area contributed by atoms with Gasteiger partial charge in [0.15, 0.2) is 0 Å². The molecule has 0 radical (unpaired) electrons. The van der Waals surface area contributed by atoms with Crippen molar-refractivity contribution in [1.29, 1.82) is 0 Å². The topological polar surface area (TPSA) is 29.1 Å². The summed E-state index contributed by atoms with van der Waals surface area (Å²) in [7, 11) is 0. The van der Waals surface area contributed by atoms with Crippen LogP contribution in [0.25, 0.3) is 0 Å². The van der Waals surface area contributed by atoms with Crippen molar-refractivity contribution in [2.24, 2.45) is 0 Å². The van der Waals surface area contributed by atoms with Gasteiger partial charge < -0.3 is 5.32 Å². The Labute approximate surface area is 124 Å². The van der Waals surface area contributed by atoms with Crippen molar-refractivity contribution in [2.45, 2.75) is 25.7 Å². The van der Waals surface area contributed by atoms with Crippen molar-refractivity contribution in [3.63, 3.8) is 0 Å². The number of amides is 1. The standard InChI is InChI=1S/C18H18FNO/c19-17-8-4-13(5-9-17)10-11-20-18(21)16-7-6-14-2-1-3-15(14)12-16/h4-9,12H,1-3,10-11H2,(H,20,21). The molecule has 0 heterocycles. The first-order chi connectivity index (χ1) is 10.2. The number of nitrogens with one attached hydrogen (secondary N) is 1. The first-order valence-corrected chi connectivity index (χ1v) is 7.37. The number of aryl methyl sites for hydroxylation is 2. The molecule has 2 aromatic rings. The van der Waals surface area contributed by atoms with Crippen LogP contribution in [0.3, 0.4) is 0 Å². The summed E-state index contributed by atoms with van der Waals surface area (Å²) in [4.78, 5) is 12.1. The van der Waals surface area contributed by atoms with Gasteiger partial charge in [0, 0.05) is 12.1 Å². The molecule has 1 amide bonds. The molecule has 3 heteroatoms. The van der Waals surface area contributed by atoms with E-state index in [9.17, 15) is 9.18 Å². The summed E-state index contributed by atoms with van der Waals surface area (Å²) >= 11 is 0. The molecule has 0 spiro atoms. The number of carbonyl (C=O) groups excluding carboxylic acids is 1. The SMILES string of the molecule is O=C(NCCc1ccc(F)cc1)c1ccc2c(c1)CCC2. The Balaban J connectivity index is 1.55. The van der Waals surface area contributed by atoms with E-state index in [1.807, 2.05) is 12.1 Å². The fourth-order valence-electron chi connectivity index (χ4n) is 2.79. The van der Waals surface area contributed by atoms with Crippen LogP contribution >= 0.6 is 0 Å². The summed E-state index contributed by atoms with van der Waals surface area (Å²) in [6.45, 7) is 0.557. The van der Waals surface area contributed by atoms with E-state index in [4.69, 9.17) is 0 Å². The fourth-order valence-corrected chi connectivity index (χ4v) is 2.79. The molecule has 0 aromatic heterocycles. The van der Waals surface area contributed by atoms with Gasteiger partial charge in [0.2, 0.25) is 0 Å². The molecule has 3 rings (SSSR count). The average Bonchev–Trinajstić information content (AvgIpc) is 2.96. The van der Waals surface area contributed by atoms with Crippen LogP contribution in [0.1, 0.15) is 33.5 Å². The van der Waals surface area contributed by atoms with Crippen molar-refractivity contribution in [3.05, 3.63) is 70.5 Å². The monoisotopic (exact) mass is 283 g/mol. The highest BCUT2D eigenvalue weighted by molar-refractivity contribution is 5.94. The van der Waals surface area contributed by atoms with E-state index in [1.165, 1.54) is 29.7 Å². The maximum Gasteiger partial charge on any atom is 0.251 e. The third-order valence-corrected chi connectivity index (χ3v) is 3.97. The summed E-state index contributed by atoms with van der Waals surface area (Å²) in [6.07, 6.45) is 4.09. The van der Waals surface area contributed by atoms with Gasteiger partial charge in [-0.15, -0.1) is 0 Å². The van der Waals surface area contributed by atoms with E-state index in [0.29, 0.717) is 13.0 Å². The Morgan fingerprint density at radius 1 is 1.05 bits per heavy atom. The molecule has 0 aliphatic heterocycles. The minimum absolute atomic E-state index is 0.0354. The number of rotatable bonds is 4. The lowest BCUT2D eigenvalue weighted by molar-refractivity contribution is 0.0954. The molecule has 1 aliphatic carbocycles. The second kappa shape index (κ2) is 6.08. The van der Waals surface area contributed by atoms with Crippen LogP contribution in [-0.2, 0) is 19.3 Å². The molecule has 0 atom stereocenters. The number of benzene rings is 2. The molecule has 108 valence electrons. The Morgan fingerprint density at radius 2 is 1.81 bits per heavy atom. The molecular weight excluding hydrogens is 265 g/mol. The van der Waals surface area contributed by atoms with Crippen LogP contribution in [0.2, 0.25) is 0 Å². The van der Waals surface area contributed by atoms with E-state index < -0.39 is 0 Å². The molecule has 0 bridgehead atoms. The van der Waals surface area contributed by atoms with Gasteiger partial charge in [0.05, 0.1) is 0 Å². The van der Waals surface area contributed by atoms with E-state index >= 15 is 0 Å². The van der Waals surface area contributed by atoms with Gasteiger partial charge in [-0.1, -0.05) is 18.2 Å². The summed E-state index contributed by atoms with van der Waals surface area (Å²) in [6, 6.07) is 12.4. The van der Waals surface area contributed by atoms with E-state index in [2.05, 4.69) is 11.4 Å². The van der Waals surface area contributed by atoms with Crippen molar-refractivity contribution in [3.8, 4) is 0 Å². The molecule has 0 fully saturated rings. The number of carbonyl (C=O) groups is 1. The number of hydrogen-bond acceptors (Lipinski definition) is 1. The minimum Gasteiger partial charge on any atom is -0.352 e. The summed E-state index contributed by atoms with van der Waals surface area (Å²) in [5, 5.41) is 2.92. The van der Waals surface area contributed by atoms with Crippen LogP contribution in [-0.4, -0.2) is 12.5 Å². The third kappa shape index (κ3) is 3.30. The Morgan fingerprint density at radius 3 is 2.62 bits per heavy atom. The Hall–Kier alpha value is -2.16. The molecule has 0 saturated heterocycles. The second-order valence-electron chi connectivity index (χ2n) is 5.47. The Kier molecular flexibility index (Phi) is 4.00. The highest BCUT2D eigenvalue weighted by atomic mass is 19.1.